The van der Waals surface area contributed by atoms with Gasteiger partial charge in [-0.2, -0.15) is 0 Å². The van der Waals surface area contributed by atoms with Crippen molar-refractivity contribution < 1.29 is 8.81 Å². The van der Waals surface area contributed by atoms with Crippen LogP contribution in [0.5, 0.6) is 0 Å². The molecule has 0 fully saturated rings. The standard InChI is InChI=1S/C15H15Cl2FN4OS/c1-7(18)8(19)4-10-13(17)14-15(23-10)9(5-11(16)22-14)21-6-12-20-2-3-24-12/h2-3,5,7-8H,4,6,19H2,1H3,(H,21,22)/t7-,8+/m0/s1. The Labute approximate surface area is 152 Å². The number of fused-ring (bicyclic) bond motifs is 1. The Balaban J connectivity index is 1.94. The Morgan fingerprint density at radius 1 is 1.46 bits per heavy atom. The van der Waals surface area contributed by atoms with Crippen molar-refractivity contribution in [3.8, 4) is 0 Å². The fraction of sp³-hybridized carbons (Fsp3) is 0.333. The average molecular weight is 389 g/mol. The summed E-state index contributed by atoms with van der Waals surface area (Å²) in [4.78, 5) is 8.41. The Morgan fingerprint density at radius 3 is 2.92 bits per heavy atom. The van der Waals surface area contributed by atoms with Crippen molar-refractivity contribution in [2.75, 3.05) is 5.32 Å². The summed E-state index contributed by atoms with van der Waals surface area (Å²) < 4.78 is 19.1. The number of hydrogen-bond acceptors (Lipinski definition) is 6. The van der Waals surface area contributed by atoms with E-state index in [9.17, 15) is 4.39 Å². The molecule has 0 saturated carbocycles. The van der Waals surface area contributed by atoms with Gasteiger partial charge in [0.2, 0.25) is 0 Å². The second kappa shape index (κ2) is 7.23. The summed E-state index contributed by atoms with van der Waals surface area (Å²) in [6.45, 7) is 1.92. The zero-order valence-electron chi connectivity index (χ0n) is 12.7. The van der Waals surface area contributed by atoms with E-state index < -0.39 is 12.2 Å². The van der Waals surface area contributed by atoms with E-state index in [0.29, 0.717) is 34.1 Å². The molecule has 3 aromatic heterocycles. The molecular formula is C15H15Cl2FN4OS. The number of nitrogens with two attached hydrogens (primary N) is 1. The first-order valence-corrected chi connectivity index (χ1v) is 8.88. The van der Waals surface area contributed by atoms with Crippen LogP contribution >= 0.6 is 34.5 Å². The third-order valence-electron chi connectivity index (χ3n) is 3.54. The van der Waals surface area contributed by atoms with Crippen molar-refractivity contribution in [2.24, 2.45) is 5.73 Å². The summed E-state index contributed by atoms with van der Waals surface area (Å²) >= 11 is 13.9. The van der Waals surface area contributed by atoms with E-state index in [1.54, 1.807) is 12.3 Å². The summed E-state index contributed by atoms with van der Waals surface area (Å²) in [5.74, 6) is 0.399. The van der Waals surface area contributed by atoms with Gasteiger partial charge in [-0.1, -0.05) is 23.2 Å². The second-order valence-corrected chi connectivity index (χ2v) is 7.08. The first kappa shape index (κ1) is 17.4. The van der Waals surface area contributed by atoms with Crippen molar-refractivity contribution in [3.63, 3.8) is 0 Å². The summed E-state index contributed by atoms with van der Waals surface area (Å²) in [6.07, 6.45) is 0.738. The maximum atomic E-state index is 13.3. The molecule has 0 aromatic carbocycles. The van der Waals surface area contributed by atoms with E-state index in [1.807, 2.05) is 5.38 Å². The minimum Gasteiger partial charge on any atom is -0.455 e. The van der Waals surface area contributed by atoms with Crippen LogP contribution in [0.2, 0.25) is 10.2 Å². The normalized spacial score (nSPS) is 14.0. The van der Waals surface area contributed by atoms with Gasteiger partial charge in [0.1, 0.15) is 32.6 Å². The molecule has 0 spiro atoms. The van der Waals surface area contributed by atoms with Crippen LogP contribution < -0.4 is 11.1 Å². The van der Waals surface area contributed by atoms with Gasteiger partial charge in [-0.05, 0) is 6.92 Å². The lowest BCUT2D eigenvalue weighted by Gasteiger charge is -2.10. The largest absolute Gasteiger partial charge is 0.455 e. The molecule has 0 amide bonds. The highest BCUT2D eigenvalue weighted by molar-refractivity contribution is 7.09. The first-order chi connectivity index (χ1) is 11.5. The van der Waals surface area contributed by atoms with Crippen LogP contribution in [0, 0.1) is 0 Å². The molecule has 3 N–H and O–H groups in total. The van der Waals surface area contributed by atoms with Crippen LogP contribution in [0.3, 0.4) is 0 Å². The van der Waals surface area contributed by atoms with Gasteiger partial charge in [0, 0.05) is 30.1 Å². The third-order valence-corrected chi connectivity index (χ3v) is 4.91. The SMILES string of the molecule is C[C@H](F)[C@H](N)Cc1oc2c(NCc3nccs3)cc(Cl)nc2c1Cl. The van der Waals surface area contributed by atoms with Gasteiger partial charge in [-0.3, -0.25) is 0 Å². The van der Waals surface area contributed by atoms with E-state index >= 15 is 0 Å². The smallest absolute Gasteiger partial charge is 0.177 e. The molecule has 0 aliphatic carbocycles. The fourth-order valence-electron chi connectivity index (χ4n) is 2.20. The lowest BCUT2D eigenvalue weighted by molar-refractivity contribution is 0.296. The zero-order valence-corrected chi connectivity index (χ0v) is 15.1. The lowest BCUT2D eigenvalue weighted by Crippen LogP contribution is -2.31. The number of nitrogens with zero attached hydrogens (tertiary/aromatic N) is 2. The lowest BCUT2D eigenvalue weighted by atomic mass is 10.1. The Bertz CT molecular complexity index is 838. The number of anilines is 1. The van der Waals surface area contributed by atoms with E-state index in [1.165, 1.54) is 18.3 Å². The third kappa shape index (κ3) is 3.64. The van der Waals surface area contributed by atoms with Crippen LogP contribution in [0.1, 0.15) is 17.7 Å². The molecule has 128 valence electrons. The van der Waals surface area contributed by atoms with Crippen LogP contribution in [0.25, 0.3) is 11.1 Å². The Hall–Kier alpha value is -1.41. The van der Waals surface area contributed by atoms with Crippen molar-refractivity contribution in [1.82, 2.24) is 9.97 Å². The zero-order chi connectivity index (χ0) is 17.3. The van der Waals surface area contributed by atoms with Crippen LogP contribution in [-0.4, -0.2) is 22.2 Å². The van der Waals surface area contributed by atoms with E-state index in [2.05, 4.69) is 15.3 Å². The molecule has 3 rings (SSSR count). The highest BCUT2D eigenvalue weighted by Crippen LogP contribution is 2.36. The number of thiazole rings is 1. The first-order valence-electron chi connectivity index (χ1n) is 7.25. The molecule has 2 atom stereocenters. The monoisotopic (exact) mass is 388 g/mol. The molecule has 0 radical (unpaired) electrons. The van der Waals surface area contributed by atoms with Crippen LogP contribution in [0.4, 0.5) is 10.1 Å². The van der Waals surface area contributed by atoms with Gasteiger partial charge in [-0.25, -0.2) is 14.4 Å². The highest BCUT2D eigenvalue weighted by Gasteiger charge is 2.22. The van der Waals surface area contributed by atoms with Gasteiger partial charge >= 0.3 is 0 Å². The molecule has 0 saturated heterocycles. The molecule has 3 aromatic rings. The minimum absolute atomic E-state index is 0.177. The molecule has 5 nitrogen and oxygen atoms in total. The highest BCUT2D eigenvalue weighted by atomic mass is 35.5. The van der Waals surface area contributed by atoms with E-state index in [-0.39, 0.29) is 11.6 Å². The molecule has 3 heterocycles. The second-order valence-electron chi connectivity index (χ2n) is 5.33. The number of rotatable bonds is 6. The van der Waals surface area contributed by atoms with Crippen molar-refractivity contribution in [1.29, 1.82) is 0 Å². The van der Waals surface area contributed by atoms with Gasteiger partial charge in [0.15, 0.2) is 5.58 Å². The summed E-state index contributed by atoms with van der Waals surface area (Å²) in [5, 5.41) is 6.61. The minimum atomic E-state index is -1.17. The quantitative estimate of drug-likeness (QED) is 0.610. The number of aromatic nitrogens is 2. The number of nitrogens with one attached hydrogen (secondary N) is 1. The number of hydrogen-bond donors (Lipinski definition) is 2. The average Bonchev–Trinajstić information content (AvgIpc) is 3.15. The number of furan rings is 1. The van der Waals surface area contributed by atoms with E-state index in [4.69, 9.17) is 33.4 Å². The number of halogens is 3. The van der Waals surface area contributed by atoms with Gasteiger partial charge in [-0.15, -0.1) is 11.3 Å². The molecular weight excluding hydrogens is 374 g/mol. The molecule has 24 heavy (non-hydrogen) atoms. The van der Waals surface area contributed by atoms with Crippen LogP contribution in [0.15, 0.2) is 22.1 Å². The maximum Gasteiger partial charge on any atom is 0.177 e. The Kier molecular flexibility index (Phi) is 5.24. The van der Waals surface area contributed by atoms with E-state index in [0.717, 1.165) is 5.01 Å². The predicted octanol–water partition coefficient (Wildman–Crippen LogP) is 4.43. The summed E-state index contributed by atoms with van der Waals surface area (Å²) in [7, 11) is 0. The number of pyridine rings is 1. The van der Waals surface area contributed by atoms with Crippen molar-refractivity contribution in [3.05, 3.63) is 38.6 Å². The van der Waals surface area contributed by atoms with Crippen LogP contribution in [-0.2, 0) is 13.0 Å². The number of alkyl halides is 1. The molecule has 0 bridgehead atoms. The molecule has 9 heteroatoms. The topological polar surface area (TPSA) is 77.0 Å². The Morgan fingerprint density at radius 2 is 2.25 bits per heavy atom. The molecule has 0 aliphatic rings. The molecule has 0 aliphatic heterocycles. The fourth-order valence-corrected chi connectivity index (χ4v) is 3.20. The summed E-state index contributed by atoms with van der Waals surface area (Å²) in [5.41, 5.74) is 7.31. The van der Waals surface area contributed by atoms with Crippen molar-refractivity contribution in [2.45, 2.75) is 32.1 Å². The summed E-state index contributed by atoms with van der Waals surface area (Å²) in [6, 6.07) is 0.948. The predicted molar refractivity (Wildman–Crippen MR) is 95.7 cm³/mol. The van der Waals surface area contributed by atoms with Gasteiger partial charge in [0.25, 0.3) is 0 Å². The van der Waals surface area contributed by atoms with Gasteiger partial charge < -0.3 is 15.5 Å². The van der Waals surface area contributed by atoms with Gasteiger partial charge in [0.05, 0.1) is 12.2 Å². The van der Waals surface area contributed by atoms with Crippen molar-refractivity contribution >= 4 is 51.3 Å². The maximum absolute atomic E-state index is 13.3. The molecule has 0 unspecified atom stereocenters.